The molecule has 1 aromatic carbocycles. The lowest BCUT2D eigenvalue weighted by Gasteiger charge is -2.23. The molecule has 0 saturated heterocycles. The molecule has 1 heterocycles. The Bertz CT molecular complexity index is 379. The molecule has 3 unspecified atom stereocenters. The van der Waals surface area contributed by atoms with Gasteiger partial charge in [-0.1, -0.05) is 37.5 Å². The third-order valence-electron chi connectivity index (χ3n) is 4.40. The number of rotatable bonds is 2. The summed E-state index contributed by atoms with van der Waals surface area (Å²) >= 11 is 2.03. The molecule has 1 aliphatic carbocycles. The van der Waals surface area contributed by atoms with Gasteiger partial charge in [0.2, 0.25) is 0 Å². The van der Waals surface area contributed by atoms with Gasteiger partial charge in [0.05, 0.1) is 6.10 Å². The van der Waals surface area contributed by atoms with Crippen LogP contribution in [0.3, 0.4) is 0 Å². The van der Waals surface area contributed by atoms with E-state index in [0.29, 0.717) is 11.2 Å². The van der Waals surface area contributed by atoms with Gasteiger partial charge in [-0.2, -0.15) is 0 Å². The Morgan fingerprint density at radius 2 is 1.94 bits per heavy atom. The maximum atomic E-state index is 10.2. The highest BCUT2D eigenvalue weighted by Gasteiger charge is 2.28. The van der Waals surface area contributed by atoms with Gasteiger partial charge in [-0.25, -0.2) is 0 Å². The van der Waals surface area contributed by atoms with E-state index in [2.05, 4.69) is 24.3 Å². The highest BCUT2D eigenvalue weighted by molar-refractivity contribution is 8.00. The first kappa shape index (κ1) is 12.6. The summed E-state index contributed by atoms with van der Waals surface area (Å²) in [6.07, 6.45) is 8.44. The number of aliphatic hydroxyl groups excluding tert-OH is 1. The lowest BCUT2D eigenvalue weighted by atomic mass is 9.91. The minimum Gasteiger partial charge on any atom is -0.393 e. The van der Waals surface area contributed by atoms with Gasteiger partial charge in [-0.3, -0.25) is 0 Å². The highest BCUT2D eigenvalue weighted by Crippen LogP contribution is 2.41. The lowest BCUT2D eigenvalue weighted by molar-refractivity contribution is 0.0956. The van der Waals surface area contributed by atoms with Crippen molar-refractivity contribution >= 4 is 11.8 Å². The molecule has 0 spiro atoms. The molecule has 0 amide bonds. The molecule has 2 aliphatic rings. The van der Waals surface area contributed by atoms with Crippen LogP contribution in [-0.4, -0.2) is 16.5 Å². The second-order valence-electron chi connectivity index (χ2n) is 5.75. The van der Waals surface area contributed by atoms with Crippen molar-refractivity contribution in [2.75, 3.05) is 0 Å². The molecule has 3 atom stereocenters. The second-order valence-corrected chi connectivity index (χ2v) is 7.10. The third kappa shape index (κ3) is 2.75. The predicted molar refractivity (Wildman–Crippen MR) is 77.0 cm³/mol. The van der Waals surface area contributed by atoms with E-state index in [1.54, 1.807) is 0 Å². The Hall–Kier alpha value is -0.470. The zero-order valence-electron chi connectivity index (χ0n) is 10.8. The van der Waals surface area contributed by atoms with E-state index < -0.39 is 0 Å². The van der Waals surface area contributed by atoms with Crippen molar-refractivity contribution in [2.24, 2.45) is 5.92 Å². The molecule has 1 aliphatic heterocycles. The van der Waals surface area contributed by atoms with Gasteiger partial charge in [-0.15, -0.1) is 11.8 Å². The summed E-state index contributed by atoms with van der Waals surface area (Å²) in [6.45, 7) is 0. The zero-order chi connectivity index (χ0) is 12.4. The molecule has 1 N–H and O–H groups in total. The van der Waals surface area contributed by atoms with Gasteiger partial charge in [0.25, 0.3) is 0 Å². The van der Waals surface area contributed by atoms with E-state index in [4.69, 9.17) is 0 Å². The Kier molecular flexibility index (Phi) is 3.95. The maximum Gasteiger partial charge on any atom is 0.0568 e. The number of benzene rings is 1. The quantitative estimate of drug-likeness (QED) is 0.812. The summed E-state index contributed by atoms with van der Waals surface area (Å²) in [6, 6.07) is 8.77. The lowest BCUT2D eigenvalue weighted by Crippen LogP contribution is -2.22. The van der Waals surface area contributed by atoms with E-state index in [1.165, 1.54) is 49.0 Å². The molecular formula is C16H22OS. The van der Waals surface area contributed by atoms with Crippen LogP contribution >= 0.6 is 11.8 Å². The van der Waals surface area contributed by atoms with Gasteiger partial charge in [0, 0.05) is 10.1 Å². The van der Waals surface area contributed by atoms with Crippen molar-refractivity contribution < 1.29 is 5.11 Å². The third-order valence-corrected chi connectivity index (χ3v) is 5.74. The normalized spacial score (nSPS) is 31.9. The molecule has 2 heteroatoms. The largest absolute Gasteiger partial charge is 0.393 e. The molecule has 3 rings (SSSR count). The fourth-order valence-electron chi connectivity index (χ4n) is 3.36. The van der Waals surface area contributed by atoms with Crippen molar-refractivity contribution in [3.8, 4) is 0 Å². The number of hydrogen-bond donors (Lipinski definition) is 1. The van der Waals surface area contributed by atoms with Crippen molar-refractivity contribution in [1.29, 1.82) is 0 Å². The average molecular weight is 262 g/mol. The first-order valence-electron chi connectivity index (χ1n) is 7.25. The second kappa shape index (κ2) is 5.66. The molecule has 1 fully saturated rings. The topological polar surface area (TPSA) is 20.2 Å². The standard InChI is InChI=1S/C16H22OS/c17-15-8-3-1-2-6-12(15)10-14-11-13-7-4-5-9-16(13)18-14/h4-5,7,9,12,14-15,17H,1-3,6,8,10-11H2. The number of thioether (sulfide) groups is 1. The zero-order valence-corrected chi connectivity index (χ0v) is 11.7. The average Bonchev–Trinajstić information content (AvgIpc) is 2.68. The Labute approximate surface area is 114 Å². The van der Waals surface area contributed by atoms with Crippen LogP contribution in [0, 0.1) is 5.92 Å². The smallest absolute Gasteiger partial charge is 0.0568 e. The molecule has 0 radical (unpaired) electrons. The summed E-state index contributed by atoms with van der Waals surface area (Å²) in [5.74, 6) is 0.541. The van der Waals surface area contributed by atoms with Crippen LogP contribution in [0.5, 0.6) is 0 Å². The van der Waals surface area contributed by atoms with Crippen molar-refractivity contribution in [1.82, 2.24) is 0 Å². The number of hydrogen-bond acceptors (Lipinski definition) is 2. The Balaban J connectivity index is 1.61. The predicted octanol–water partition coefficient (Wildman–Crippen LogP) is 4.03. The molecule has 0 aromatic heterocycles. The highest BCUT2D eigenvalue weighted by atomic mass is 32.2. The van der Waals surface area contributed by atoms with Crippen LogP contribution in [0.1, 0.15) is 44.1 Å². The molecule has 1 saturated carbocycles. The monoisotopic (exact) mass is 262 g/mol. The van der Waals surface area contributed by atoms with Crippen molar-refractivity contribution in [3.05, 3.63) is 29.8 Å². The summed E-state index contributed by atoms with van der Waals surface area (Å²) in [4.78, 5) is 1.46. The maximum absolute atomic E-state index is 10.2. The summed E-state index contributed by atoms with van der Waals surface area (Å²) in [7, 11) is 0. The molecule has 18 heavy (non-hydrogen) atoms. The first-order valence-corrected chi connectivity index (χ1v) is 8.13. The van der Waals surface area contributed by atoms with Gasteiger partial charge in [-0.05, 0) is 43.2 Å². The fourth-order valence-corrected chi connectivity index (χ4v) is 4.79. The fraction of sp³-hybridized carbons (Fsp3) is 0.625. The molecule has 98 valence electrons. The van der Waals surface area contributed by atoms with Crippen LogP contribution in [-0.2, 0) is 6.42 Å². The van der Waals surface area contributed by atoms with Gasteiger partial charge in [0.15, 0.2) is 0 Å². The van der Waals surface area contributed by atoms with Gasteiger partial charge in [0.1, 0.15) is 0 Å². The van der Waals surface area contributed by atoms with Crippen LogP contribution in [0.15, 0.2) is 29.2 Å². The summed E-state index contributed by atoms with van der Waals surface area (Å²) < 4.78 is 0. The van der Waals surface area contributed by atoms with Gasteiger partial charge < -0.3 is 5.11 Å². The Morgan fingerprint density at radius 3 is 2.83 bits per heavy atom. The van der Waals surface area contributed by atoms with Crippen molar-refractivity contribution in [3.63, 3.8) is 0 Å². The first-order chi connectivity index (χ1) is 8.83. The van der Waals surface area contributed by atoms with E-state index >= 15 is 0 Å². The molecular weight excluding hydrogens is 240 g/mol. The van der Waals surface area contributed by atoms with E-state index in [0.717, 1.165) is 6.42 Å². The minimum atomic E-state index is -0.0446. The summed E-state index contributed by atoms with van der Waals surface area (Å²) in [5.41, 5.74) is 1.51. The number of fused-ring (bicyclic) bond motifs is 1. The molecule has 0 bridgehead atoms. The van der Waals surface area contributed by atoms with E-state index in [-0.39, 0.29) is 6.10 Å². The van der Waals surface area contributed by atoms with E-state index in [1.807, 2.05) is 11.8 Å². The van der Waals surface area contributed by atoms with E-state index in [9.17, 15) is 5.11 Å². The van der Waals surface area contributed by atoms with Crippen LogP contribution in [0.4, 0.5) is 0 Å². The SMILES string of the molecule is OC1CCCCCC1CC1Cc2ccccc2S1. The van der Waals surface area contributed by atoms with Crippen LogP contribution in [0.25, 0.3) is 0 Å². The van der Waals surface area contributed by atoms with Crippen LogP contribution in [0.2, 0.25) is 0 Å². The molecule has 1 nitrogen and oxygen atoms in total. The van der Waals surface area contributed by atoms with Gasteiger partial charge >= 0.3 is 0 Å². The van der Waals surface area contributed by atoms with Crippen molar-refractivity contribution in [2.45, 2.75) is 61.2 Å². The summed E-state index contributed by atoms with van der Waals surface area (Å²) in [5, 5.41) is 10.9. The minimum absolute atomic E-state index is 0.0446. The number of aliphatic hydroxyl groups is 1. The molecule has 1 aromatic rings. The van der Waals surface area contributed by atoms with Crippen LogP contribution < -0.4 is 0 Å². The Morgan fingerprint density at radius 1 is 1.11 bits per heavy atom.